The van der Waals surface area contributed by atoms with E-state index in [1.807, 2.05) is 30.3 Å². The number of hydrogen-bond donors (Lipinski definition) is 0. The summed E-state index contributed by atoms with van der Waals surface area (Å²) >= 11 is 6.41. The smallest absolute Gasteiger partial charge is 0.269 e. The van der Waals surface area contributed by atoms with Crippen LogP contribution in [-0.4, -0.2) is 15.5 Å². The predicted molar refractivity (Wildman–Crippen MR) is 92.2 cm³/mol. The number of sulfonamides is 1. The number of nitrogens with zero attached hydrogens (tertiary/aromatic N) is 2. The topological polar surface area (TPSA) is 41.3 Å². The Hall–Kier alpha value is -2.11. The standard InChI is InChI=1S/C17H16ClN2O2S/c1-19-12-16(17(18)14-10-6-7-11-15(14)19)23(21,22)20(2)13-8-4-3-5-9-13/h3-12H,1-2H3/q+1. The molecular weight excluding hydrogens is 332 g/mol. The number of benzene rings is 2. The summed E-state index contributed by atoms with van der Waals surface area (Å²) in [6.07, 6.45) is 1.56. The van der Waals surface area contributed by atoms with Crippen LogP contribution >= 0.6 is 11.6 Å². The number of halogens is 1. The number of fused-ring (bicyclic) bond motifs is 1. The Morgan fingerprint density at radius 3 is 2.30 bits per heavy atom. The molecule has 0 N–H and O–H groups in total. The van der Waals surface area contributed by atoms with Gasteiger partial charge in [0.05, 0.1) is 16.1 Å². The molecule has 118 valence electrons. The Morgan fingerprint density at radius 1 is 1.00 bits per heavy atom. The number of hydrogen-bond acceptors (Lipinski definition) is 2. The van der Waals surface area contributed by atoms with Crippen LogP contribution in [0, 0.1) is 0 Å². The van der Waals surface area contributed by atoms with Gasteiger partial charge in [-0.15, -0.1) is 0 Å². The highest BCUT2D eigenvalue weighted by atomic mass is 35.5. The highest BCUT2D eigenvalue weighted by Gasteiger charge is 2.29. The van der Waals surface area contributed by atoms with Crippen molar-refractivity contribution in [2.24, 2.45) is 7.05 Å². The highest BCUT2D eigenvalue weighted by Crippen LogP contribution is 2.31. The van der Waals surface area contributed by atoms with Crippen molar-refractivity contribution in [3.8, 4) is 0 Å². The summed E-state index contributed by atoms with van der Waals surface area (Å²) in [5.74, 6) is 0. The van der Waals surface area contributed by atoms with Crippen LogP contribution in [0.2, 0.25) is 5.02 Å². The molecule has 0 radical (unpaired) electrons. The van der Waals surface area contributed by atoms with E-state index in [4.69, 9.17) is 11.6 Å². The molecular formula is C17H16ClN2O2S+. The first-order valence-corrected chi connectivity index (χ1v) is 8.85. The molecule has 3 aromatic rings. The van der Waals surface area contributed by atoms with Crippen LogP contribution in [0.3, 0.4) is 0 Å². The molecule has 23 heavy (non-hydrogen) atoms. The van der Waals surface area contributed by atoms with Gasteiger partial charge in [-0.05, 0) is 18.2 Å². The Labute approximate surface area is 140 Å². The van der Waals surface area contributed by atoms with E-state index >= 15 is 0 Å². The maximum atomic E-state index is 13.0. The van der Waals surface area contributed by atoms with Crippen molar-refractivity contribution < 1.29 is 13.0 Å². The van der Waals surface area contributed by atoms with Crippen LogP contribution in [0.15, 0.2) is 65.7 Å². The van der Waals surface area contributed by atoms with E-state index in [0.717, 1.165) is 5.52 Å². The van der Waals surface area contributed by atoms with Crippen molar-refractivity contribution in [3.63, 3.8) is 0 Å². The molecule has 0 unspecified atom stereocenters. The molecule has 1 heterocycles. The van der Waals surface area contributed by atoms with E-state index in [9.17, 15) is 8.42 Å². The van der Waals surface area contributed by atoms with E-state index in [-0.39, 0.29) is 9.92 Å². The zero-order valence-corrected chi connectivity index (χ0v) is 14.3. The van der Waals surface area contributed by atoms with Gasteiger partial charge in [-0.1, -0.05) is 41.9 Å². The van der Waals surface area contributed by atoms with E-state index in [1.54, 1.807) is 42.1 Å². The van der Waals surface area contributed by atoms with Crippen LogP contribution in [0.25, 0.3) is 10.9 Å². The normalized spacial score (nSPS) is 11.6. The lowest BCUT2D eigenvalue weighted by molar-refractivity contribution is -0.646. The van der Waals surface area contributed by atoms with Crippen molar-refractivity contribution in [3.05, 3.63) is 65.8 Å². The van der Waals surface area contributed by atoms with Gasteiger partial charge in [-0.25, -0.2) is 8.42 Å². The van der Waals surface area contributed by atoms with Crippen LogP contribution in [0.5, 0.6) is 0 Å². The van der Waals surface area contributed by atoms with Gasteiger partial charge in [0.15, 0.2) is 11.1 Å². The van der Waals surface area contributed by atoms with Crippen molar-refractivity contribution >= 4 is 38.2 Å². The largest absolute Gasteiger partial charge is 0.271 e. The Morgan fingerprint density at radius 2 is 1.61 bits per heavy atom. The second kappa shape index (κ2) is 5.83. The number of aryl methyl sites for hydroxylation is 1. The average molecular weight is 348 g/mol. The summed E-state index contributed by atoms with van der Waals surface area (Å²) < 4.78 is 29.0. The Bertz CT molecular complexity index is 973. The molecule has 0 bridgehead atoms. The van der Waals surface area contributed by atoms with E-state index in [2.05, 4.69) is 0 Å². The van der Waals surface area contributed by atoms with E-state index in [0.29, 0.717) is 11.1 Å². The zero-order chi connectivity index (χ0) is 16.6. The molecule has 0 saturated carbocycles. The molecule has 0 aliphatic carbocycles. The molecule has 0 saturated heterocycles. The Kier molecular flexibility index (Phi) is 4.00. The molecule has 0 aliphatic rings. The average Bonchev–Trinajstić information content (AvgIpc) is 2.58. The lowest BCUT2D eigenvalue weighted by atomic mass is 10.2. The number of rotatable bonds is 3. The molecule has 4 nitrogen and oxygen atoms in total. The summed E-state index contributed by atoms with van der Waals surface area (Å²) in [4.78, 5) is 0.0896. The lowest BCUT2D eigenvalue weighted by Crippen LogP contribution is -2.33. The number of pyridine rings is 1. The fourth-order valence-electron chi connectivity index (χ4n) is 2.51. The molecule has 0 fully saturated rings. The van der Waals surface area contributed by atoms with Crippen molar-refractivity contribution in [1.82, 2.24) is 0 Å². The van der Waals surface area contributed by atoms with Crippen molar-refractivity contribution in [2.45, 2.75) is 4.90 Å². The number of para-hydroxylation sites is 2. The summed E-state index contributed by atoms with van der Waals surface area (Å²) in [5, 5.41) is 0.945. The van der Waals surface area contributed by atoms with Gasteiger partial charge in [0, 0.05) is 13.1 Å². The van der Waals surface area contributed by atoms with E-state index in [1.165, 1.54) is 11.4 Å². The van der Waals surface area contributed by atoms with Crippen molar-refractivity contribution in [2.75, 3.05) is 11.4 Å². The maximum Gasteiger partial charge on any atom is 0.271 e. The minimum atomic E-state index is -3.76. The monoisotopic (exact) mass is 347 g/mol. The van der Waals surface area contributed by atoms with Crippen molar-refractivity contribution in [1.29, 1.82) is 0 Å². The van der Waals surface area contributed by atoms with Crippen LogP contribution in [-0.2, 0) is 17.1 Å². The Balaban J connectivity index is 2.21. The van der Waals surface area contributed by atoms with Gasteiger partial charge in [0.25, 0.3) is 10.0 Å². The first-order chi connectivity index (χ1) is 10.9. The lowest BCUT2D eigenvalue weighted by Gasteiger charge is -2.19. The molecule has 6 heteroatoms. The van der Waals surface area contributed by atoms with Gasteiger partial charge in [0.1, 0.15) is 7.05 Å². The molecule has 0 amide bonds. The first-order valence-electron chi connectivity index (χ1n) is 7.04. The van der Waals surface area contributed by atoms with Gasteiger partial charge in [-0.3, -0.25) is 4.31 Å². The van der Waals surface area contributed by atoms with Crippen LogP contribution < -0.4 is 8.87 Å². The van der Waals surface area contributed by atoms with E-state index < -0.39 is 10.0 Å². The van der Waals surface area contributed by atoms with Gasteiger partial charge in [-0.2, -0.15) is 4.57 Å². The molecule has 0 spiro atoms. The molecule has 0 atom stereocenters. The quantitative estimate of drug-likeness (QED) is 0.683. The van der Waals surface area contributed by atoms with Crippen LogP contribution in [0.1, 0.15) is 0 Å². The SMILES string of the molecule is CN(c1ccccc1)S(=O)(=O)c1c[n+](C)c2ccccc2c1Cl. The van der Waals surface area contributed by atoms with Gasteiger partial charge < -0.3 is 0 Å². The second-order valence-corrected chi connectivity index (χ2v) is 7.56. The summed E-state index contributed by atoms with van der Waals surface area (Å²) in [6.45, 7) is 0. The second-order valence-electron chi connectivity index (χ2n) is 5.24. The maximum absolute atomic E-state index is 13.0. The first kappa shape index (κ1) is 15.8. The fraction of sp³-hybridized carbons (Fsp3) is 0.118. The molecule has 0 aliphatic heterocycles. The third-order valence-electron chi connectivity index (χ3n) is 3.81. The molecule has 2 aromatic carbocycles. The van der Waals surface area contributed by atoms with Gasteiger partial charge in [0.2, 0.25) is 5.52 Å². The fourth-order valence-corrected chi connectivity index (χ4v) is 4.33. The summed E-state index contributed by atoms with van der Waals surface area (Å²) in [5.41, 5.74) is 1.46. The number of aromatic nitrogens is 1. The molecule has 1 aromatic heterocycles. The number of anilines is 1. The highest BCUT2D eigenvalue weighted by molar-refractivity contribution is 7.93. The van der Waals surface area contributed by atoms with Gasteiger partial charge >= 0.3 is 0 Å². The third kappa shape index (κ3) is 2.66. The van der Waals surface area contributed by atoms with Crippen LogP contribution in [0.4, 0.5) is 5.69 Å². The molecule has 3 rings (SSSR count). The predicted octanol–water partition coefficient (Wildman–Crippen LogP) is 3.14. The third-order valence-corrected chi connectivity index (χ3v) is 6.12. The summed E-state index contributed by atoms with van der Waals surface area (Å²) in [7, 11) is -0.426. The summed E-state index contributed by atoms with van der Waals surface area (Å²) in [6, 6.07) is 16.4. The minimum absolute atomic E-state index is 0.0896. The zero-order valence-electron chi connectivity index (χ0n) is 12.8. The minimum Gasteiger partial charge on any atom is -0.269 e.